The van der Waals surface area contributed by atoms with E-state index in [1.54, 1.807) is 19.2 Å². The monoisotopic (exact) mass is 382 g/mol. The third-order valence-electron chi connectivity index (χ3n) is 5.01. The molecule has 26 heavy (non-hydrogen) atoms. The highest BCUT2D eigenvalue weighted by molar-refractivity contribution is 7.13. The van der Waals surface area contributed by atoms with Gasteiger partial charge in [0, 0.05) is 35.5 Å². The van der Waals surface area contributed by atoms with Crippen molar-refractivity contribution in [2.45, 2.75) is 45.4 Å². The average molecular weight is 382 g/mol. The lowest BCUT2D eigenvalue weighted by molar-refractivity contribution is -0.268. The molecule has 140 valence electrons. The molecular formula is C19H21F3N2OS. The Morgan fingerprint density at radius 1 is 1.31 bits per heavy atom. The Bertz CT molecular complexity index is 826. The Kier molecular flexibility index (Phi) is 4.96. The summed E-state index contributed by atoms with van der Waals surface area (Å²) in [6.45, 7) is 4.73. The van der Waals surface area contributed by atoms with E-state index in [9.17, 15) is 13.2 Å². The molecule has 0 aliphatic heterocycles. The van der Waals surface area contributed by atoms with Crippen LogP contribution in [0.2, 0.25) is 0 Å². The maximum absolute atomic E-state index is 13.8. The van der Waals surface area contributed by atoms with Gasteiger partial charge in [-0.3, -0.25) is 4.99 Å². The summed E-state index contributed by atoms with van der Waals surface area (Å²) in [6, 6.07) is 3.15. The van der Waals surface area contributed by atoms with E-state index in [2.05, 4.69) is 9.98 Å². The molecule has 1 aliphatic carbocycles. The maximum Gasteiger partial charge on any atom is 0.421 e. The van der Waals surface area contributed by atoms with Gasteiger partial charge in [-0.1, -0.05) is 12.1 Å². The van der Waals surface area contributed by atoms with E-state index >= 15 is 0 Å². The lowest BCUT2D eigenvalue weighted by atomic mass is 9.89. The third kappa shape index (κ3) is 3.30. The summed E-state index contributed by atoms with van der Waals surface area (Å²) in [5, 5.41) is 2.61. The summed E-state index contributed by atoms with van der Waals surface area (Å²) < 4.78 is 46.4. The summed E-state index contributed by atoms with van der Waals surface area (Å²) in [6.07, 6.45) is -0.803. The molecule has 0 saturated heterocycles. The SMILES string of the molecule is COC(C)(c1ccc(-c2nccs2)c(C)c1/N=C(/C)C1CC1)C(F)(F)F. The Labute approximate surface area is 154 Å². The third-order valence-corrected chi connectivity index (χ3v) is 5.82. The summed E-state index contributed by atoms with van der Waals surface area (Å²) in [5.74, 6) is 0.366. The fourth-order valence-electron chi connectivity index (χ4n) is 2.96. The Hall–Kier alpha value is -1.73. The number of hydrogen-bond donors (Lipinski definition) is 0. The zero-order chi connectivity index (χ0) is 19.1. The highest BCUT2D eigenvalue weighted by Gasteiger charge is 2.54. The van der Waals surface area contributed by atoms with Crippen LogP contribution in [0, 0.1) is 12.8 Å². The first-order valence-corrected chi connectivity index (χ1v) is 9.28. The molecule has 1 saturated carbocycles. The van der Waals surface area contributed by atoms with E-state index in [1.165, 1.54) is 17.4 Å². The van der Waals surface area contributed by atoms with Crippen molar-refractivity contribution in [3.8, 4) is 10.6 Å². The van der Waals surface area contributed by atoms with Crippen molar-refractivity contribution in [1.82, 2.24) is 4.98 Å². The van der Waals surface area contributed by atoms with Crippen molar-refractivity contribution in [2.24, 2.45) is 10.9 Å². The van der Waals surface area contributed by atoms with Gasteiger partial charge in [-0.05, 0) is 45.1 Å². The summed E-state index contributed by atoms with van der Waals surface area (Å²) in [4.78, 5) is 8.92. The first kappa shape index (κ1) is 19.0. The van der Waals surface area contributed by atoms with Gasteiger partial charge in [0.05, 0.1) is 5.69 Å². The molecule has 0 spiro atoms. The van der Waals surface area contributed by atoms with Crippen molar-refractivity contribution in [3.05, 3.63) is 34.8 Å². The van der Waals surface area contributed by atoms with Crippen molar-refractivity contribution in [2.75, 3.05) is 7.11 Å². The van der Waals surface area contributed by atoms with Gasteiger partial charge in [-0.25, -0.2) is 4.98 Å². The lowest BCUT2D eigenvalue weighted by Crippen LogP contribution is -2.41. The largest absolute Gasteiger partial charge is 0.421 e. The van der Waals surface area contributed by atoms with Crippen LogP contribution in [0.3, 0.4) is 0 Å². The number of aromatic nitrogens is 1. The van der Waals surface area contributed by atoms with Crippen LogP contribution < -0.4 is 0 Å². The minimum absolute atomic E-state index is 0.0327. The zero-order valence-electron chi connectivity index (χ0n) is 15.1. The molecule has 0 amide bonds. The second-order valence-corrected chi connectivity index (χ2v) is 7.63. The Balaban J connectivity index is 2.24. The molecule has 0 bridgehead atoms. The molecule has 1 aromatic carbocycles. The lowest BCUT2D eigenvalue weighted by Gasteiger charge is -2.32. The Morgan fingerprint density at radius 2 is 2.00 bits per heavy atom. The number of hydrogen-bond acceptors (Lipinski definition) is 4. The maximum atomic E-state index is 13.8. The predicted octanol–water partition coefficient (Wildman–Crippen LogP) is 6.04. The number of aliphatic imine (C=N–C) groups is 1. The fourth-order valence-corrected chi connectivity index (χ4v) is 3.68. The molecule has 3 nitrogen and oxygen atoms in total. The van der Waals surface area contributed by atoms with E-state index < -0.39 is 11.8 Å². The van der Waals surface area contributed by atoms with E-state index in [0.717, 1.165) is 43.2 Å². The quantitative estimate of drug-likeness (QED) is 0.591. The molecule has 0 radical (unpaired) electrons. The first-order valence-electron chi connectivity index (χ1n) is 8.40. The molecule has 1 fully saturated rings. The van der Waals surface area contributed by atoms with Crippen LogP contribution >= 0.6 is 11.3 Å². The van der Waals surface area contributed by atoms with Crippen LogP contribution in [0.15, 0.2) is 28.7 Å². The number of ether oxygens (including phenoxy) is 1. The van der Waals surface area contributed by atoms with Gasteiger partial charge in [0.25, 0.3) is 0 Å². The number of methoxy groups -OCH3 is 1. The number of nitrogens with zero attached hydrogens (tertiary/aromatic N) is 2. The van der Waals surface area contributed by atoms with Gasteiger partial charge in [0.15, 0.2) is 5.60 Å². The summed E-state index contributed by atoms with van der Waals surface area (Å²) in [5.41, 5.74) is 0.291. The van der Waals surface area contributed by atoms with Crippen LogP contribution in [0.1, 0.15) is 37.8 Å². The molecule has 1 aliphatic rings. The molecular weight excluding hydrogens is 361 g/mol. The topological polar surface area (TPSA) is 34.5 Å². The molecule has 0 N–H and O–H groups in total. The highest BCUT2D eigenvalue weighted by atomic mass is 32.1. The second-order valence-electron chi connectivity index (χ2n) is 6.73. The van der Waals surface area contributed by atoms with Crippen LogP contribution in [-0.4, -0.2) is 24.0 Å². The smallest absolute Gasteiger partial charge is 0.364 e. The van der Waals surface area contributed by atoms with Crippen LogP contribution in [-0.2, 0) is 10.3 Å². The van der Waals surface area contributed by atoms with Crippen LogP contribution in [0.5, 0.6) is 0 Å². The van der Waals surface area contributed by atoms with Crippen LogP contribution in [0.25, 0.3) is 10.6 Å². The minimum Gasteiger partial charge on any atom is -0.364 e. The highest BCUT2D eigenvalue weighted by Crippen LogP contribution is 2.48. The fraction of sp³-hybridized carbons (Fsp3) is 0.474. The van der Waals surface area contributed by atoms with E-state index in [0.29, 0.717) is 17.2 Å². The van der Waals surface area contributed by atoms with Crippen molar-refractivity contribution in [3.63, 3.8) is 0 Å². The van der Waals surface area contributed by atoms with Gasteiger partial charge in [0.2, 0.25) is 0 Å². The second kappa shape index (κ2) is 6.78. The van der Waals surface area contributed by atoms with E-state index in [1.807, 2.05) is 12.3 Å². The molecule has 1 heterocycles. The van der Waals surface area contributed by atoms with Crippen LogP contribution in [0.4, 0.5) is 18.9 Å². The van der Waals surface area contributed by atoms with Crippen molar-refractivity contribution in [1.29, 1.82) is 0 Å². The normalized spacial score (nSPS) is 18.0. The van der Waals surface area contributed by atoms with Gasteiger partial charge in [-0.15, -0.1) is 11.3 Å². The summed E-state index contributed by atoms with van der Waals surface area (Å²) >= 11 is 1.45. The molecule has 1 unspecified atom stereocenters. The molecule has 1 aromatic heterocycles. The molecule has 7 heteroatoms. The Morgan fingerprint density at radius 3 is 2.50 bits per heavy atom. The van der Waals surface area contributed by atoms with Gasteiger partial charge < -0.3 is 4.74 Å². The van der Waals surface area contributed by atoms with Crippen molar-refractivity contribution >= 4 is 22.7 Å². The number of rotatable bonds is 5. The predicted molar refractivity (Wildman–Crippen MR) is 98.2 cm³/mol. The van der Waals surface area contributed by atoms with Gasteiger partial charge >= 0.3 is 6.18 Å². The number of halogens is 3. The van der Waals surface area contributed by atoms with Gasteiger partial charge in [-0.2, -0.15) is 13.2 Å². The molecule has 2 aromatic rings. The standard InChI is InChI=1S/C19H21F3N2OS/c1-11-14(17-23-9-10-26-17)7-8-15(18(3,25-4)19(20,21)22)16(11)24-12(2)13-5-6-13/h7-10,13H,5-6H2,1-4H3/b24-12-. The molecule has 1 atom stereocenters. The number of thiazole rings is 1. The first-order chi connectivity index (χ1) is 12.2. The van der Waals surface area contributed by atoms with Crippen molar-refractivity contribution < 1.29 is 17.9 Å². The number of benzene rings is 1. The molecule has 3 rings (SSSR count). The van der Waals surface area contributed by atoms with E-state index in [4.69, 9.17) is 4.74 Å². The number of alkyl halides is 3. The average Bonchev–Trinajstić information content (AvgIpc) is 3.30. The summed E-state index contributed by atoms with van der Waals surface area (Å²) in [7, 11) is 1.08. The minimum atomic E-state index is -4.56. The van der Waals surface area contributed by atoms with Gasteiger partial charge in [0.1, 0.15) is 5.01 Å². The van der Waals surface area contributed by atoms with E-state index in [-0.39, 0.29) is 5.56 Å². The zero-order valence-corrected chi connectivity index (χ0v) is 16.0.